The minimum absolute atomic E-state index is 0.183. The van der Waals surface area contributed by atoms with Crippen molar-refractivity contribution in [3.05, 3.63) is 24.3 Å². The lowest BCUT2D eigenvalue weighted by Crippen LogP contribution is -2.50. The summed E-state index contributed by atoms with van der Waals surface area (Å²) in [7, 11) is 0. The Morgan fingerprint density at radius 1 is 1.19 bits per heavy atom. The lowest BCUT2D eigenvalue weighted by atomic mass is 9.67. The van der Waals surface area contributed by atoms with Gasteiger partial charge in [0.15, 0.2) is 0 Å². The van der Waals surface area contributed by atoms with Crippen LogP contribution in [0.15, 0.2) is 24.3 Å². The van der Waals surface area contributed by atoms with E-state index < -0.39 is 11.6 Å². The molecule has 0 bridgehead atoms. The second kappa shape index (κ2) is 8.73. The van der Waals surface area contributed by atoms with Gasteiger partial charge in [0.25, 0.3) is 5.91 Å². The lowest BCUT2D eigenvalue weighted by molar-refractivity contribution is -0.135. The molecule has 0 aromatic heterocycles. The fourth-order valence-corrected chi connectivity index (χ4v) is 5.08. The van der Waals surface area contributed by atoms with Crippen molar-refractivity contribution in [1.82, 2.24) is 10.2 Å². The van der Waals surface area contributed by atoms with Crippen LogP contribution in [0.1, 0.15) is 46.5 Å². The van der Waals surface area contributed by atoms with Crippen LogP contribution in [0, 0.1) is 11.3 Å². The second-order valence-electron chi connectivity index (χ2n) is 10.2. The van der Waals surface area contributed by atoms with Gasteiger partial charge in [0.05, 0.1) is 13.2 Å². The number of carbonyl (C=O) groups excluding carboxylic acids is 3. The van der Waals surface area contributed by atoms with E-state index in [9.17, 15) is 14.4 Å². The summed E-state index contributed by atoms with van der Waals surface area (Å²) in [6, 6.07) is 7.13. The van der Waals surface area contributed by atoms with Crippen LogP contribution in [0.3, 0.4) is 0 Å². The molecule has 1 aromatic rings. The first-order valence-corrected chi connectivity index (χ1v) is 11.5. The van der Waals surface area contributed by atoms with Gasteiger partial charge in [-0.2, -0.15) is 0 Å². The van der Waals surface area contributed by atoms with E-state index in [1.165, 1.54) is 0 Å². The van der Waals surface area contributed by atoms with E-state index >= 15 is 0 Å². The zero-order chi connectivity index (χ0) is 22.9. The molecule has 8 nitrogen and oxygen atoms in total. The molecule has 4 amide bonds. The van der Waals surface area contributed by atoms with Crippen molar-refractivity contribution in [2.24, 2.45) is 11.3 Å². The average molecular weight is 443 g/mol. The number of anilines is 2. The number of rotatable bonds is 4. The first-order valence-electron chi connectivity index (χ1n) is 11.5. The number of ether oxygens (including phenoxy) is 1. The Hall–Kier alpha value is -2.61. The Kier molecular flexibility index (Phi) is 6.16. The number of hydrogen-bond acceptors (Lipinski definition) is 5. The van der Waals surface area contributed by atoms with Crippen LogP contribution in [-0.2, 0) is 14.3 Å². The molecule has 1 aromatic carbocycles. The molecule has 174 valence electrons. The molecule has 1 aliphatic carbocycles. The van der Waals surface area contributed by atoms with Crippen molar-refractivity contribution in [3.8, 4) is 0 Å². The lowest BCUT2D eigenvalue weighted by Gasteiger charge is -2.40. The van der Waals surface area contributed by atoms with Crippen LogP contribution in [0.25, 0.3) is 0 Å². The third-order valence-corrected chi connectivity index (χ3v) is 7.12. The summed E-state index contributed by atoms with van der Waals surface area (Å²) in [5.74, 6) is -0.131. The number of imide groups is 1. The molecule has 8 heteroatoms. The van der Waals surface area contributed by atoms with Crippen LogP contribution in [0.4, 0.5) is 16.2 Å². The fraction of sp³-hybridized carbons (Fsp3) is 0.625. The summed E-state index contributed by atoms with van der Waals surface area (Å²) < 4.78 is 5.39. The zero-order valence-corrected chi connectivity index (χ0v) is 19.3. The van der Waals surface area contributed by atoms with Crippen LogP contribution in [0.5, 0.6) is 0 Å². The third-order valence-electron chi connectivity index (χ3n) is 7.12. The number of nitrogens with one attached hydrogen (secondary N) is 2. The minimum Gasteiger partial charge on any atom is -0.378 e. The molecule has 2 heterocycles. The van der Waals surface area contributed by atoms with E-state index in [0.29, 0.717) is 37.7 Å². The van der Waals surface area contributed by atoms with Crippen molar-refractivity contribution in [2.75, 3.05) is 43.1 Å². The van der Waals surface area contributed by atoms with Gasteiger partial charge in [0, 0.05) is 24.5 Å². The van der Waals surface area contributed by atoms with Crippen LogP contribution in [0.2, 0.25) is 0 Å². The van der Waals surface area contributed by atoms with Crippen molar-refractivity contribution in [2.45, 2.75) is 52.0 Å². The number of morpholine rings is 1. The van der Waals surface area contributed by atoms with E-state index in [1.54, 1.807) is 0 Å². The molecule has 2 N–H and O–H groups in total. The highest BCUT2D eigenvalue weighted by Gasteiger charge is 2.53. The van der Waals surface area contributed by atoms with Gasteiger partial charge in [0.2, 0.25) is 5.91 Å². The Morgan fingerprint density at radius 2 is 1.88 bits per heavy atom. The van der Waals surface area contributed by atoms with Crippen LogP contribution < -0.4 is 15.5 Å². The van der Waals surface area contributed by atoms with Crippen molar-refractivity contribution in [3.63, 3.8) is 0 Å². The summed E-state index contributed by atoms with van der Waals surface area (Å²) in [5.41, 5.74) is 0.986. The van der Waals surface area contributed by atoms with Gasteiger partial charge in [-0.05, 0) is 55.2 Å². The minimum atomic E-state index is -0.852. The SMILES string of the molecule is CC(C)(C)C1CCC2(CC1)NC(=O)N(CC(=O)Nc1cccc(N3CCOCC3)c1)C2=O. The topological polar surface area (TPSA) is 91.0 Å². The molecule has 4 rings (SSSR count). The molecule has 0 atom stereocenters. The molecular formula is C24H34N4O4. The maximum atomic E-state index is 13.1. The molecule has 32 heavy (non-hydrogen) atoms. The molecular weight excluding hydrogens is 408 g/mol. The molecule has 0 radical (unpaired) electrons. The van der Waals surface area contributed by atoms with E-state index in [4.69, 9.17) is 4.74 Å². The maximum absolute atomic E-state index is 13.1. The molecule has 2 saturated heterocycles. The van der Waals surface area contributed by atoms with Gasteiger partial charge in [-0.15, -0.1) is 0 Å². The fourth-order valence-electron chi connectivity index (χ4n) is 5.08. The number of nitrogens with zero attached hydrogens (tertiary/aromatic N) is 2. The molecule has 3 fully saturated rings. The van der Waals surface area contributed by atoms with Crippen molar-refractivity contribution < 1.29 is 19.1 Å². The highest BCUT2D eigenvalue weighted by Crippen LogP contribution is 2.43. The van der Waals surface area contributed by atoms with Gasteiger partial charge in [-0.3, -0.25) is 14.5 Å². The molecule has 1 spiro atoms. The normalized spacial score (nSPS) is 26.4. The number of urea groups is 1. The summed E-state index contributed by atoms with van der Waals surface area (Å²) in [5, 5.41) is 5.74. The summed E-state index contributed by atoms with van der Waals surface area (Å²) in [6.07, 6.45) is 3.03. The summed E-state index contributed by atoms with van der Waals surface area (Å²) in [4.78, 5) is 41.7. The number of hydrogen-bond donors (Lipinski definition) is 2. The first kappa shape index (κ1) is 22.6. The highest BCUT2D eigenvalue weighted by atomic mass is 16.5. The average Bonchev–Trinajstić information content (AvgIpc) is 2.98. The first-order chi connectivity index (χ1) is 15.2. The largest absolute Gasteiger partial charge is 0.378 e. The van der Waals surface area contributed by atoms with Crippen LogP contribution in [-0.4, -0.2) is 61.1 Å². The Morgan fingerprint density at radius 3 is 2.53 bits per heavy atom. The Balaban J connectivity index is 1.37. The summed E-state index contributed by atoms with van der Waals surface area (Å²) >= 11 is 0. The summed E-state index contributed by atoms with van der Waals surface area (Å²) in [6.45, 7) is 9.34. The smallest absolute Gasteiger partial charge is 0.325 e. The molecule has 0 unspecified atom stereocenters. The molecule has 2 aliphatic heterocycles. The number of amides is 4. The monoisotopic (exact) mass is 442 g/mol. The zero-order valence-electron chi connectivity index (χ0n) is 19.3. The quantitative estimate of drug-likeness (QED) is 0.700. The van der Waals surface area contributed by atoms with Crippen molar-refractivity contribution in [1.29, 1.82) is 0 Å². The van der Waals surface area contributed by atoms with Crippen LogP contribution >= 0.6 is 0 Å². The maximum Gasteiger partial charge on any atom is 0.325 e. The molecule has 3 aliphatic rings. The standard InChI is InChI=1S/C24H34N4O4/c1-23(2,3)17-7-9-24(10-8-17)21(30)28(22(31)26-24)16-20(29)25-18-5-4-6-19(15-18)27-11-13-32-14-12-27/h4-6,15,17H,7-14,16H2,1-3H3,(H,25,29)(H,26,31). The van der Waals surface area contributed by atoms with Gasteiger partial charge >= 0.3 is 6.03 Å². The molecule has 1 saturated carbocycles. The predicted molar refractivity (Wildman–Crippen MR) is 122 cm³/mol. The number of benzene rings is 1. The Bertz CT molecular complexity index is 880. The Labute approximate surface area is 189 Å². The van der Waals surface area contributed by atoms with Gasteiger partial charge in [0.1, 0.15) is 12.1 Å². The van der Waals surface area contributed by atoms with E-state index in [2.05, 4.69) is 36.3 Å². The van der Waals surface area contributed by atoms with Gasteiger partial charge in [-0.1, -0.05) is 26.8 Å². The second-order valence-corrected chi connectivity index (χ2v) is 10.2. The highest BCUT2D eigenvalue weighted by molar-refractivity contribution is 6.10. The predicted octanol–water partition coefficient (Wildman–Crippen LogP) is 2.99. The third kappa shape index (κ3) is 4.60. The van der Waals surface area contributed by atoms with Crippen molar-refractivity contribution >= 4 is 29.2 Å². The van der Waals surface area contributed by atoms with E-state index in [-0.39, 0.29) is 23.8 Å². The van der Waals surface area contributed by atoms with Gasteiger partial charge < -0.3 is 20.3 Å². The van der Waals surface area contributed by atoms with Gasteiger partial charge in [-0.25, -0.2) is 4.79 Å². The number of carbonyl (C=O) groups is 3. The van der Waals surface area contributed by atoms with E-state index in [0.717, 1.165) is 36.5 Å². The van der Waals surface area contributed by atoms with E-state index in [1.807, 2.05) is 24.3 Å².